The molecule has 0 aliphatic carbocycles. The van der Waals surface area contributed by atoms with E-state index >= 15 is 0 Å². The van der Waals surface area contributed by atoms with Gasteiger partial charge in [0.25, 0.3) is 0 Å². The molecular formula is C40H52N6O6. The van der Waals surface area contributed by atoms with Gasteiger partial charge in [0.15, 0.2) is 0 Å². The summed E-state index contributed by atoms with van der Waals surface area (Å²) in [6.07, 6.45) is 0.943. The van der Waals surface area contributed by atoms with Gasteiger partial charge in [-0.25, -0.2) is 9.97 Å². The molecule has 2 unspecified atom stereocenters. The van der Waals surface area contributed by atoms with Gasteiger partial charge < -0.3 is 40.3 Å². The van der Waals surface area contributed by atoms with Crippen LogP contribution in [0.5, 0.6) is 0 Å². The zero-order valence-corrected chi connectivity index (χ0v) is 31.5. The van der Waals surface area contributed by atoms with Crippen LogP contribution in [0.3, 0.4) is 0 Å². The van der Waals surface area contributed by atoms with Crippen molar-refractivity contribution in [3.63, 3.8) is 0 Å². The van der Waals surface area contributed by atoms with Crippen LogP contribution in [0.4, 0.5) is 0 Å². The number of aliphatic hydroxyl groups excluding tert-OH is 2. The van der Waals surface area contributed by atoms with Crippen molar-refractivity contribution in [3.8, 4) is 0 Å². The number of carbonyl (C=O) groups is 2. The van der Waals surface area contributed by atoms with E-state index in [0.717, 1.165) is 89.4 Å². The molecule has 8 bridgehead atoms. The van der Waals surface area contributed by atoms with Gasteiger partial charge in [-0.1, -0.05) is 0 Å². The number of H-pyrrole nitrogens is 2. The number of aryl methyl sites for hydroxylation is 3. The summed E-state index contributed by atoms with van der Waals surface area (Å²) >= 11 is 0. The quantitative estimate of drug-likeness (QED) is 0.128. The van der Waals surface area contributed by atoms with E-state index in [9.17, 15) is 19.8 Å². The molecule has 0 saturated heterocycles. The Hall–Kier alpha value is -4.62. The number of nitrogens with zero attached hydrogens (tertiary/aromatic N) is 2. The van der Waals surface area contributed by atoms with Gasteiger partial charge in [0.2, 0.25) is 11.8 Å². The first-order valence-electron chi connectivity index (χ1n) is 17.9. The van der Waals surface area contributed by atoms with E-state index in [-0.39, 0.29) is 63.2 Å². The van der Waals surface area contributed by atoms with Crippen LogP contribution >= 0.6 is 0 Å². The Morgan fingerprint density at radius 3 is 1.85 bits per heavy atom. The molecule has 2 aliphatic heterocycles. The second-order valence-corrected chi connectivity index (χ2v) is 13.4. The summed E-state index contributed by atoms with van der Waals surface area (Å²) in [5.41, 5.74) is 14.5. The number of rotatable bonds is 14. The fourth-order valence-corrected chi connectivity index (χ4v) is 7.10. The average Bonchev–Trinajstić information content (AvgIpc) is 3.80. The first-order chi connectivity index (χ1) is 24.9. The van der Waals surface area contributed by atoms with Crippen LogP contribution in [-0.4, -0.2) is 88.6 Å². The minimum atomic E-state index is -0.213. The Morgan fingerprint density at radius 1 is 0.692 bits per heavy atom. The van der Waals surface area contributed by atoms with Gasteiger partial charge in [-0.2, -0.15) is 0 Å². The van der Waals surface area contributed by atoms with Crippen molar-refractivity contribution in [1.29, 1.82) is 0 Å². The number of aromatic amines is 2. The molecule has 0 radical (unpaired) electrons. The standard InChI is InChI=1S/C40H52N6O6/c1-21-27(9-11-37(49)41-13-15-47)33-20-34-28(10-12-38(50)42-14-16-48)22(2)30(44-34)18-35-40(26(6)52-8)24(4)32(46-35)19-36-39(25(5)51-7)23(3)31(45-36)17-29(21)43-33/h17-20,25-26,43,46-48H,9-16H2,1-8H3,(H,41,49)(H,42,50). The molecule has 2 atom stereocenters. The number of hydrogen-bond donors (Lipinski definition) is 6. The van der Waals surface area contributed by atoms with Gasteiger partial charge in [0.05, 0.1) is 48.2 Å². The number of aromatic nitrogens is 4. The second kappa shape index (κ2) is 16.8. The van der Waals surface area contributed by atoms with Gasteiger partial charge in [0, 0.05) is 73.4 Å². The maximum Gasteiger partial charge on any atom is 0.220 e. The zero-order valence-electron chi connectivity index (χ0n) is 31.5. The minimum absolute atomic E-state index is 0.126. The third-order valence-corrected chi connectivity index (χ3v) is 10.2. The Labute approximate surface area is 304 Å². The summed E-state index contributed by atoms with van der Waals surface area (Å²) < 4.78 is 11.7. The lowest BCUT2D eigenvalue weighted by Gasteiger charge is -2.12. The van der Waals surface area contributed by atoms with Crippen LogP contribution in [0.2, 0.25) is 0 Å². The van der Waals surface area contributed by atoms with Gasteiger partial charge in [-0.3, -0.25) is 9.59 Å². The lowest BCUT2D eigenvalue weighted by Crippen LogP contribution is -2.26. The molecule has 5 rings (SSSR count). The van der Waals surface area contributed by atoms with E-state index < -0.39 is 0 Å². The molecule has 278 valence electrons. The highest BCUT2D eigenvalue weighted by Gasteiger charge is 2.25. The number of amides is 2. The lowest BCUT2D eigenvalue weighted by molar-refractivity contribution is -0.121. The summed E-state index contributed by atoms with van der Waals surface area (Å²) in [7, 11) is 3.39. The molecule has 6 N–H and O–H groups in total. The van der Waals surface area contributed by atoms with E-state index in [1.165, 1.54) is 0 Å². The number of methoxy groups -OCH3 is 2. The Balaban J connectivity index is 1.85. The number of ether oxygens (including phenoxy) is 2. The topological polar surface area (TPSA) is 174 Å². The van der Waals surface area contributed by atoms with Crippen LogP contribution in [-0.2, 0) is 25.5 Å². The highest BCUT2D eigenvalue weighted by atomic mass is 16.5. The van der Waals surface area contributed by atoms with Crippen molar-refractivity contribution in [2.45, 2.75) is 79.4 Å². The molecule has 52 heavy (non-hydrogen) atoms. The first kappa shape index (κ1) is 38.6. The molecule has 12 heteroatoms. The molecule has 0 fully saturated rings. The van der Waals surface area contributed by atoms with Crippen molar-refractivity contribution in [3.05, 3.63) is 69.3 Å². The maximum absolute atomic E-state index is 12.7. The number of aliphatic hydroxyl groups is 2. The Bertz CT molecular complexity index is 2070. The molecule has 0 saturated carbocycles. The van der Waals surface area contributed by atoms with E-state index in [2.05, 4.69) is 40.5 Å². The molecule has 2 amide bonds. The van der Waals surface area contributed by atoms with Crippen LogP contribution < -0.4 is 10.6 Å². The molecule has 12 nitrogen and oxygen atoms in total. The molecule has 3 aromatic heterocycles. The summed E-state index contributed by atoms with van der Waals surface area (Å²) in [5.74, 6) is -0.297. The van der Waals surface area contributed by atoms with Crippen LogP contribution in [0.15, 0.2) is 24.3 Å². The monoisotopic (exact) mass is 712 g/mol. The summed E-state index contributed by atoms with van der Waals surface area (Å²) in [5, 5.41) is 23.9. The molecule has 3 aromatic rings. The number of hydrogen-bond acceptors (Lipinski definition) is 8. The van der Waals surface area contributed by atoms with Crippen molar-refractivity contribution in [2.75, 3.05) is 40.5 Å². The summed E-state index contributed by atoms with van der Waals surface area (Å²) in [6, 6.07) is 8.18. The smallest absolute Gasteiger partial charge is 0.220 e. The Morgan fingerprint density at radius 2 is 1.21 bits per heavy atom. The highest BCUT2D eigenvalue weighted by molar-refractivity contribution is 5.96. The maximum atomic E-state index is 12.7. The zero-order chi connectivity index (χ0) is 37.7. The molecular weight excluding hydrogens is 660 g/mol. The molecule has 0 aromatic carbocycles. The van der Waals surface area contributed by atoms with Crippen LogP contribution in [0.1, 0.15) is 98.1 Å². The number of fused-ring (bicyclic) bond motifs is 8. The van der Waals surface area contributed by atoms with Gasteiger partial charge in [-0.05, 0) is 112 Å². The molecule has 2 aliphatic rings. The van der Waals surface area contributed by atoms with E-state index in [1.807, 2.05) is 45.9 Å². The van der Waals surface area contributed by atoms with Crippen molar-refractivity contribution >= 4 is 56.2 Å². The summed E-state index contributed by atoms with van der Waals surface area (Å²) in [6.45, 7) is 12.4. The van der Waals surface area contributed by atoms with Crippen LogP contribution in [0, 0.1) is 13.8 Å². The number of allylic oxidation sites excluding steroid dienone is 3. The van der Waals surface area contributed by atoms with E-state index in [0.29, 0.717) is 12.8 Å². The Kier molecular flexibility index (Phi) is 12.5. The second-order valence-electron chi connectivity index (χ2n) is 13.4. The largest absolute Gasteiger partial charge is 0.395 e. The summed E-state index contributed by atoms with van der Waals surface area (Å²) in [4.78, 5) is 43.0. The minimum Gasteiger partial charge on any atom is -0.395 e. The first-order valence-corrected chi connectivity index (χ1v) is 17.9. The normalized spacial score (nSPS) is 14.2. The fourth-order valence-electron chi connectivity index (χ4n) is 7.10. The number of nitrogens with one attached hydrogen (secondary N) is 4. The fraction of sp³-hybridized carbons (Fsp3) is 0.450. The SMILES string of the molecule is COC(C)C1=C(C)c2cc3[nH]c(cc4nc(cc5[nH]c(cc1n2)c(C)c5C(C)OC)C(C)=C4CCC(=O)NCCO)c(CCC(=O)NCCO)c3C. The van der Waals surface area contributed by atoms with E-state index in [4.69, 9.17) is 19.4 Å². The predicted octanol–water partition coefficient (Wildman–Crippen LogP) is 5.47. The average molecular weight is 713 g/mol. The van der Waals surface area contributed by atoms with Gasteiger partial charge >= 0.3 is 0 Å². The third kappa shape index (κ3) is 8.05. The van der Waals surface area contributed by atoms with Crippen molar-refractivity contribution in [2.24, 2.45) is 0 Å². The van der Waals surface area contributed by atoms with Gasteiger partial charge in [0.1, 0.15) is 0 Å². The predicted molar refractivity (Wildman–Crippen MR) is 205 cm³/mol. The molecule has 0 spiro atoms. The highest BCUT2D eigenvalue weighted by Crippen LogP contribution is 2.38. The van der Waals surface area contributed by atoms with Gasteiger partial charge in [-0.15, -0.1) is 0 Å². The van der Waals surface area contributed by atoms with Crippen molar-refractivity contribution < 1.29 is 29.3 Å². The molecule has 5 heterocycles. The lowest BCUT2D eigenvalue weighted by atomic mass is 9.99. The number of carbonyl (C=O) groups excluding carboxylic acids is 2. The van der Waals surface area contributed by atoms with Crippen LogP contribution in [0.25, 0.3) is 44.4 Å². The van der Waals surface area contributed by atoms with E-state index in [1.54, 1.807) is 14.2 Å². The third-order valence-electron chi connectivity index (χ3n) is 10.2. The van der Waals surface area contributed by atoms with Crippen molar-refractivity contribution in [1.82, 2.24) is 30.6 Å².